The van der Waals surface area contributed by atoms with Crippen LogP contribution in [-0.4, -0.2) is 24.0 Å². The van der Waals surface area contributed by atoms with Crippen LogP contribution in [0.15, 0.2) is 12.1 Å². The number of carboxylic acid groups (broad SMARTS) is 1. The predicted molar refractivity (Wildman–Crippen MR) is 54.5 cm³/mol. The number of carbonyl (C=O) groups is 2. The fourth-order valence-corrected chi connectivity index (χ4v) is 1.48. The third-order valence-corrected chi connectivity index (χ3v) is 2.16. The normalized spacial score (nSPS) is 10.4. The minimum atomic E-state index is -2.99. The van der Waals surface area contributed by atoms with Gasteiger partial charge >= 0.3 is 12.6 Å². The highest BCUT2D eigenvalue weighted by Crippen LogP contribution is 2.23. The molecule has 6 heteroatoms. The average Bonchev–Trinajstić information content (AvgIpc) is 2.20. The molecule has 0 radical (unpaired) electrons. The zero-order valence-electron chi connectivity index (χ0n) is 8.94. The molecule has 0 amide bonds. The summed E-state index contributed by atoms with van der Waals surface area (Å²) in [6, 6.07) is 2.38. The molecule has 0 fully saturated rings. The van der Waals surface area contributed by atoms with Crippen molar-refractivity contribution in [1.29, 1.82) is 0 Å². The molecule has 0 unspecified atom stereocenters. The summed E-state index contributed by atoms with van der Waals surface area (Å²) < 4.78 is 28.1. The molecule has 1 aromatic rings. The highest BCUT2D eigenvalue weighted by atomic mass is 19.3. The first-order valence-electron chi connectivity index (χ1n) is 4.69. The number of alkyl halides is 2. The maximum absolute atomic E-state index is 12.0. The molecule has 0 saturated heterocycles. The zero-order chi connectivity index (χ0) is 13.0. The lowest BCUT2D eigenvalue weighted by Gasteiger charge is -2.10. The standard InChI is InChI=1S/C11H10F2O4/c1-6-2-8(17-11(12)13)3-7(5-14)9(6)4-10(15)16/h2-3,5,11H,4H2,1H3,(H,15,16). The summed E-state index contributed by atoms with van der Waals surface area (Å²) in [4.78, 5) is 21.3. The molecular weight excluding hydrogens is 234 g/mol. The van der Waals surface area contributed by atoms with Crippen LogP contribution < -0.4 is 4.74 Å². The number of aldehydes is 1. The summed E-state index contributed by atoms with van der Waals surface area (Å²) in [5.41, 5.74) is 0.768. The molecule has 0 heterocycles. The number of benzene rings is 1. The molecule has 0 saturated carbocycles. The van der Waals surface area contributed by atoms with Crippen LogP contribution in [0.4, 0.5) is 8.78 Å². The van der Waals surface area contributed by atoms with Gasteiger partial charge in [-0.15, -0.1) is 0 Å². The molecule has 1 rings (SSSR count). The van der Waals surface area contributed by atoms with E-state index in [2.05, 4.69) is 4.74 Å². The van der Waals surface area contributed by atoms with Crippen LogP contribution in [0.25, 0.3) is 0 Å². The van der Waals surface area contributed by atoms with Crippen LogP contribution in [0.2, 0.25) is 0 Å². The van der Waals surface area contributed by atoms with Gasteiger partial charge in [-0.1, -0.05) is 0 Å². The fourth-order valence-electron chi connectivity index (χ4n) is 1.48. The SMILES string of the molecule is Cc1cc(OC(F)F)cc(C=O)c1CC(=O)O. The molecule has 0 aliphatic carbocycles. The number of halogens is 2. The van der Waals surface area contributed by atoms with E-state index in [-0.39, 0.29) is 17.7 Å². The summed E-state index contributed by atoms with van der Waals surface area (Å²) in [7, 11) is 0. The lowest BCUT2D eigenvalue weighted by atomic mass is 9.99. The number of ether oxygens (including phenoxy) is 1. The topological polar surface area (TPSA) is 63.6 Å². The minimum absolute atomic E-state index is 0.0445. The third kappa shape index (κ3) is 3.51. The molecule has 0 spiro atoms. The van der Waals surface area contributed by atoms with E-state index >= 15 is 0 Å². The van der Waals surface area contributed by atoms with Crippen molar-refractivity contribution in [2.24, 2.45) is 0 Å². The number of aryl methyl sites for hydroxylation is 1. The van der Waals surface area contributed by atoms with Gasteiger partial charge in [0.05, 0.1) is 6.42 Å². The van der Waals surface area contributed by atoms with Crippen LogP contribution >= 0.6 is 0 Å². The van der Waals surface area contributed by atoms with Crippen molar-refractivity contribution in [1.82, 2.24) is 0 Å². The predicted octanol–water partition coefficient (Wildman–Crippen LogP) is 2.04. The van der Waals surface area contributed by atoms with Gasteiger partial charge < -0.3 is 9.84 Å². The Morgan fingerprint density at radius 3 is 2.65 bits per heavy atom. The van der Waals surface area contributed by atoms with Gasteiger partial charge in [-0.3, -0.25) is 9.59 Å². The van der Waals surface area contributed by atoms with Crippen molar-refractivity contribution >= 4 is 12.3 Å². The number of carboxylic acids is 1. The van der Waals surface area contributed by atoms with Crippen molar-refractivity contribution in [2.45, 2.75) is 20.0 Å². The van der Waals surface area contributed by atoms with E-state index in [1.807, 2.05) is 0 Å². The van der Waals surface area contributed by atoms with Crippen LogP contribution in [0.1, 0.15) is 21.5 Å². The van der Waals surface area contributed by atoms with E-state index in [0.29, 0.717) is 17.4 Å². The molecule has 0 aliphatic rings. The summed E-state index contributed by atoms with van der Waals surface area (Å²) in [6.45, 7) is -1.46. The fraction of sp³-hybridized carbons (Fsp3) is 0.273. The molecule has 0 aromatic heterocycles. The Bertz CT molecular complexity index is 443. The van der Waals surface area contributed by atoms with Gasteiger partial charge in [-0.2, -0.15) is 8.78 Å². The van der Waals surface area contributed by atoms with E-state index in [0.717, 1.165) is 6.07 Å². The number of hydrogen-bond donors (Lipinski definition) is 1. The highest BCUT2D eigenvalue weighted by molar-refractivity contribution is 5.82. The molecule has 0 atom stereocenters. The first-order valence-corrected chi connectivity index (χ1v) is 4.69. The molecule has 4 nitrogen and oxygen atoms in total. The number of hydrogen-bond acceptors (Lipinski definition) is 3. The van der Waals surface area contributed by atoms with E-state index < -0.39 is 12.6 Å². The Morgan fingerprint density at radius 2 is 2.18 bits per heavy atom. The van der Waals surface area contributed by atoms with E-state index in [4.69, 9.17) is 5.11 Å². The first kappa shape index (κ1) is 13.1. The van der Waals surface area contributed by atoms with Gasteiger partial charge in [-0.25, -0.2) is 0 Å². The second-order valence-corrected chi connectivity index (χ2v) is 3.37. The Labute approximate surface area is 95.8 Å². The number of carbonyl (C=O) groups excluding carboxylic acids is 1. The molecule has 1 aromatic carbocycles. The average molecular weight is 244 g/mol. The van der Waals surface area contributed by atoms with Crippen molar-refractivity contribution < 1.29 is 28.2 Å². The Morgan fingerprint density at radius 1 is 1.53 bits per heavy atom. The Hall–Kier alpha value is -1.98. The largest absolute Gasteiger partial charge is 0.481 e. The van der Waals surface area contributed by atoms with Gasteiger partial charge in [0.15, 0.2) is 0 Å². The molecule has 0 aliphatic heterocycles. The second-order valence-electron chi connectivity index (χ2n) is 3.37. The molecule has 1 N–H and O–H groups in total. The second kappa shape index (κ2) is 5.38. The molecular formula is C11H10F2O4. The smallest absolute Gasteiger partial charge is 0.387 e. The molecule has 17 heavy (non-hydrogen) atoms. The maximum Gasteiger partial charge on any atom is 0.387 e. The van der Waals surface area contributed by atoms with Crippen LogP contribution in [0.5, 0.6) is 5.75 Å². The van der Waals surface area contributed by atoms with Crippen molar-refractivity contribution in [3.05, 3.63) is 28.8 Å². The van der Waals surface area contributed by atoms with Gasteiger partial charge in [-0.05, 0) is 30.2 Å². The Kier molecular flexibility index (Phi) is 4.14. The summed E-state index contributed by atoms with van der Waals surface area (Å²) in [5.74, 6) is -1.26. The monoisotopic (exact) mass is 244 g/mol. The van der Waals surface area contributed by atoms with Crippen LogP contribution in [0.3, 0.4) is 0 Å². The highest BCUT2D eigenvalue weighted by Gasteiger charge is 2.13. The van der Waals surface area contributed by atoms with Gasteiger partial charge in [0, 0.05) is 5.56 Å². The third-order valence-electron chi connectivity index (χ3n) is 2.16. The van der Waals surface area contributed by atoms with E-state index in [1.54, 1.807) is 0 Å². The van der Waals surface area contributed by atoms with E-state index in [9.17, 15) is 18.4 Å². The van der Waals surface area contributed by atoms with Crippen molar-refractivity contribution in [3.8, 4) is 5.75 Å². The van der Waals surface area contributed by atoms with Crippen LogP contribution in [-0.2, 0) is 11.2 Å². The first-order chi connectivity index (χ1) is 7.93. The molecule has 0 bridgehead atoms. The minimum Gasteiger partial charge on any atom is -0.481 e. The van der Waals surface area contributed by atoms with Crippen LogP contribution in [0, 0.1) is 6.92 Å². The zero-order valence-corrected chi connectivity index (χ0v) is 8.94. The van der Waals surface area contributed by atoms with Gasteiger partial charge in [0.1, 0.15) is 12.0 Å². The Balaban J connectivity index is 3.15. The van der Waals surface area contributed by atoms with Gasteiger partial charge in [0.2, 0.25) is 0 Å². The van der Waals surface area contributed by atoms with E-state index in [1.165, 1.54) is 13.0 Å². The summed E-state index contributed by atoms with van der Waals surface area (Å²) in [6.07, 6.45) is 0.0818. The number of rotatable bonds is 5. The lowest BCUT2D eigenvalue weighted by Crippen LogP contribution is -2.08. The molecule has 92 valence electrons. The summed E-state index contributed by atoms with van der Waals surface area (Å²) >= 11 is 0. The van der Waals surface area contributed by atoms with Crippen molar-refractivity contribution in [2.75, 3.05) is 0 Å². The van der Waals surface area contributed by atoms with Gasteiger partial charge in [0.25, 0.3) is 0 Å². The lowest BCUT2D eigenvalue weighted by molar-refractivity contribution is -0.136. The number of aliphatic carboxylic acids is 1. The maximum atomic E-state index is 12.0. The quantitative estimate of drug-likeness (QED) is 0.805. The van der Waals surface area contributed by atoms with Crippen molar-refractivity contribution in [3.63, 3.8) is 0 Å². The summed E-state index contributed by atoms with van der Waals surface area (Å²) in [5, 5.41) is 8.66.